The van der Waals surface area contributed by atoms with E-state index in [4.69, 9.17) is 33.2 Å². The van der Waals surface area contributed by atoms with Crippen molar-refractivity contribution in [2.75, 3.05) is 67.8 Å². The average molecular weight is 720 g/mol. The standard InChI is InChI=1S/C43H49N3O7/c1-47-37-14-9-8-13-36(37)46(28-29-11-10-12-31(19-29)32-21-38(48-2)42(52-6)39(22-32)49-3)35-15-17-45(18-16-35)27-30-20-34(26-44-25-30)33-23-40(50-4)43(53-7)41(24-33)51-5/h8-14,19-26,35H,15-18,27-28H2,1-7H3. The molecule has 10 nitrogen and oxygen atoms in total. The molecular formula is C43H49N3O7. The minimum absolute atomic E-state index is 0.316. The van der Waals surface area contributed by atoms with Gasteiger partial charge in [0, 0.05) is 50.2 Å². The number of likely N-dealkylation sites (tertiary alicyclic amines) is 1. The van der Waals surface area contributed by atoms with Crippen LogP contribution in [0.1, 0.15) is 24.0 Å². The second-order valence-corrected chi connectivity index (χ2v) is 12.9. The van der Waals surface area contributed by atoms with Crippen LogP contribution in [0, 0.1) is 0 Å². The first-order chi connectivity index (χ1) is 25.9. The number of benzene rings is 4. The molecule has 1 aromatic heterocycles. The first-order valence-corrected chi connectivity index (χ1v) is 17.7. The van der Waals surface area contributed by atoms with Gasteiger partial charge in [-0.1, -0.05) is 30.3 Å². The smallest absolute Gasteiger partial charge is 0.203 e. The average Bonchev–Trinajstić information content (AvgIpc) is 3.22. The number of methoxy groups -OCH3 is 7. The van der Waals surface area contributed by atoms with Gasteiger partial charge in [0.25, 0.3) is 0 Å². The van der Waals surface area contributed by atoms with Gasteiger partial charge in [-0.2, -0.15) is 0 Å². The van der Waals surface area contributed by atoms with Crippen molar-refractivity contribution < 1.29 is 33.2 Å². The third-order valence-electron chi connectivity index (χ3n) is 9.87. The summed E-state index contributed by atoms with van der Waals surface area (Å²) in [6, 6.07) is 27.4. The quantitative estimate of drug-likeness (QED) is 0.106. The number of nitrogens with zero attached hydrogens (tertiary/aromatic N) is 3. The van der Waals surface area contributed by atoms with E-state index in [1.165, 1.54) is 5.56 Å². The minimum Gasteiger partial charge on any atom is -0.495 e. The Hall–Kier alpha value is -5.61. The number of rotatable bonds is 15. The van der Waals surface area contributed by atoms with Crippen molar-refractivity contribution in [1.29, 1.82) is 0 Å². The van der Waals surface area contributed by atoms with Crippen molar-refractivity contribution in [1.82, 2.24) is 9.88 Å². The summed E-state index contributed by atoms with van der Waals surface area (Å²) in [5.41, 5.74) is 7.44. The summed E-state index contributed by atoms with van der Waals surface area (Å²) in [6.45, 7) is 3.44. The van der Waals surface area contributed by atoms with E-state index in [0.717, 1.165) is 78.3 Å². The molecule has 0 saturated carbocycles. The zero-order valence-corrected chi connectivity index (χ0v) is 31.7. The lowest BCUT2D eigenvalue weighted by molar-refractivity contribution is 0.200. The Morgan fingerprint density at radius 1 is 0.547 bits per heavy atom. The first-order valence-electron chi connectivity index (χ1n) is 17.7. The SMILES string of the molecule is COc1ccccc1N(Cc1cccc(-c2cc(OC)c(OC)c(OC)c2)c1)C1CCN(Cc2cncc(-c3cc(OC)c(OC)c(OC)c3)c2)CC1. The maximum absolute atomic E-state index is 5.89. The molecule has 6 rings (SSSR count). The highest BCUT2D eigenvalue weighted by atomic mass is 16.5. The Morgan fingerprint density at radius 2 is 1.09 bits per heavy atom. The molecule has 0 bridgehead atoms. The lowest BCUT2D eigenvalue weighted by Crippen LogP contribution is -2.44. The molecule has 53 heavy (non-hydrogen) atoms. The number of ether oxygens (including phenoxy) is 7. The molecule has 1 aliphatic rings. The van der Waals surface area contributed by atoms with Crippen LogP contribution in [0.25, 0.3) is 22.3 Å². The number of hydrogen-bond acceptors (Lipinski definition) is 10. The topological polar surface area (TPSA) is 84.0 Å². The largest absolute Gasteiger partial charge is 0.495 e. The molecule has 0 amide bonds. The Labute approximate surface area is 312 Å². The fraction of sp³-hybridized carbons (Fsp3) is 0.326. The van der Waals surface area contributed by atoms with Gasteiger partial charge < -0.3 is 38.1 Å². The fourth-order valence-electron chi connectivity index (χ4n) is 7.20. The van der Waals surface area contributed by atoms with Crippen LogP contribution in [0.5, 0.6) is 40.2 Å². The molecule has 0 radical (unpaired) electrons. The fourth-order valence-corrected chi connectivity index (χ4v) is 7.20. The summed E-state index contributed by atoms with van der Waals surface area (Å²) >= 11 is 0. The van der Waals surface area contributed by atoms with Gasteiger partial charge in [-0.05, 0) is 89.2 Å². The van der Waals surface area contributed by atoms with E-state index in [9.17, 15) is 0 Å². The molecule has 0 N–H and O–H groups in total. The lowest BCUT2D eigenvalue weighted by Gasteiger charge is -2.40. The minimum atomic E-state index is 0.316. The second-order valence-electron chi connectivity index (χ2n) is 12.9. The van der Waals surface area contributed by atoms with Crippen LogP contribution >= 0.6 is 0 Å². The van der Waals surface area contributed by atoms with Gasteiger partial charge in [0.15, 0.2) is 23.0 Å². The number of para-hydroxylation sites is 2. The molecule has 5 aromatic rings. The van der Waals surface area contributed by atoms with Crippen molar-refractivity contribution in [3.05, 3.63) is 102 Å². The summed E-state index contributed by atoms with van der Waals surface area (Å²) in [6.07, 6.45) is 5.84. The Morgan fingerprint density at radius 3 is 1.66 bits per heavy atom. The molecule has 0 atom stereocenters. The molecule has 1 saturated heterocycles. The van der Waals surface area contributed by atoms with Gasteiger partial charge in [-0.3, -0.25) is 9.88 Å². The number of anilines is 1. The van der Waals surface area contributed by atoms with E-state index < -0.39 is 0 Å². The van der Waals surface area contributed by atoms with Crippen LogP contribution in [-0.2, 0) is 13.1 Å². The van der Waals surface area contributed by atoms with Gasteiger partial charge in [0.1, 0.15) is 5.75 Å². The van der Waals surface area contributed by atoms with Crippen molar-refractivity contribution in [2.45, 2.75) is 32.0 Å². The van der Waals surface area contributed by atoms with E-state index >= 15 is 0 Å². The zero-order chi connectivity index (χ0) is 37.3. The van der Waals surface area contributed by atoms with Gasteiger partial charge in [-0.25, -0.2) is 0 Å². The van der Waals surface area contributed by atoms with Crippen molar-refractivity contribution in [3.8, 4) is 62.5 Å². The molecular weight excluding hydrogens is 670 g/mol. The maximum atomic E-state index is 5.89. The Balaban J connectivity index is 1.21. The normalized spacial score (nSPS) is 13.3. The van der Waals surface area contributed by atoms with Crippen LogP contribution < -0.4 is 38.1 Å². The molecule has 1 fully saturated rings. The predicted octanol–water partition coefficient (Wildman–Crippen LogP) is 8.15. The number of aromatic nitrogens is 1. The highest BCUT2D eigenvalue weighted by molar-refractivity contribution is 5.72. The molecule has 0 spiro atoms. The zero-order valence-electron chi connectivity index (χ0n) is 31.7. The summed E-state index contributed by atoms with van der Waals surface area (Å²) < 4.78 is 39.5. The maximum Gasteiger partial charge on any atom is 0.203 e. The van der Waals surface area contributed by atoms with Gasteiger partial charge in [0.2, 0.25) is 11.5 Å². The van der Waals surface area contributed by atoms with Crippen LogP contribution in [0.2, 0.25) is 0 Å². The van der Waals surface area contributed by atoms with Crippen molar-refractivity contribution >= 4 is 5.69 Å². The van der Waals surface area contributed by atoms with Crippen LogP contribution in [-0.4, -0.2) is 78.8 Å². The number of pyridine rings is 1. The highest BCUT2D eigenvalue weighted by Crippen LogP contribution is 2.43. The third kappa shape index (κ3) is 8.23. The number of piperidine rings is 1. The van der Waals surface area contributed by atoms with E-state index in [1.807, 2.05) is 48.8 Å². The molecule has 0 aliphatic carbocycles. The summed E-state index contributed by atoms with van der Waals surface area (Å²) in [5.74, 6) is 4.48. The summed E-state index contributed by atoms with van der Waals surface area (Å²) in [5, 5.41) is 0. The molecule has 278 valence electrons. The highest BCUT2D eigenvalue weighted by Gasteiger charge is 2.27. The van der Waals surface area contributed by atoms with E-state index in [0.29, 0.717) is 40.5 Å². The van der Waals surface area contributed by atoms with E-state index in [1.54, 1.807) is 49.8 Å². The molecule has 4 aromatic carbocycles. The van der Waals surface area contributed by atoms with E-state index in [-0.39, 0.29) is 0 Å². The van der Waals surface area contributed by atoms with Crippen LogP contribution in [0.15, 0.2) is 91.3 Å². The van der Waals surface area contributed by atoms with Crippen molar-refractivity contribution in [2.24, 2.45) is 0 Å². The summed E-state index contributed by atoms with van der Waals surface area (Å²) in [7, 11) is 11.5. The van der Waals surface area contributed by atoms with Crippen LogP contribution in [0.4, 0.5) is 5.69 Å². The third-order valence-corrected chi connectivity index (χ3v) is 9.87. The van der Waals surface area contributed by atoms with E-state index in [2.05, 4.69) is 57.2 Å². The molecule has 10 heteroatoms. The van der Waals surface area contributed by atoms with Gasteiger partial charge >= 0.3 is 0 Å². The number of hydrogen-bond donors (Lipinski definition) is 0. The van der Waals surface area contributed by atoms with Gasteiger partial charge in [0.05, 0.1) is 55.5 Å². The monoisotopic (exact) mass is 719 g/mol. The Kier molecular flexibility index (Phi) is 12.1. The first kappa shape index (κ1) is 37.2. The molecule has 2 heterocycles. The van der Waals surface area contributed by atoms with Crippen molar-refractivity contribution in [3.63, 3.8) is 0 Å². The van der Waals surface area contributed by atoms with Crippen LogP contribution in [0.3, 0.4) is 0 Å². The Bertz CT molecular complexity index is 1940. The predicted molar refractivity (Wildman–Crippen MR) is 208 cm³/mol. The molecule has 1 aliphatic heterocycles. The second kappa shape index (κ2) is 17.3. The van der Waals surface area contributed by atoms with Gasteiger partial charge in [-0.15, -0.1) is 0 Å². The summed E-state index contributed by atoms with van der Waals surface area (Å²) in [4.78, 5) is 9.63. The lowest BCUT2D eigenvalue weighted by atomic mass is 9.98. The molecule has 0 unspecified atom stereocenters.